The Balaban J connectivity index is 1.75. The number of amides is 1. The summed E-state index contributed by atoms with van der Waals surface area (Å²) in [5.41, 5.74) is 1.06. The van der Waals surface area contributed by atoms with Crippen LogP contribution in [0.2, 0.25) is 0 Å². The molecule has 3 rings (SSSR count). The van der Waals surface area contributed by atoms with Gasteiger partial charge < -0.3 is 19.9 Å². The summed E-state index contributed by atoms with van der Waals surface area (Å²) in [6.07, 6.45) is 2.10. The standard InChI is InChI=1S/C17H27N5O2/c1-13-19-15(10-16(20-13)21-6-8-24-9-7-21)14-4-3-5-22(12-14)17(23)11-18-2/h10,14,18H,3-9,11-12H2,1-2H3. The molecule has 1 amide bonds. The number of carbonyl (C=O) groups is 1. The van der Waals surface area contributed by atoms with Crippen molar-refractivity contribution >= 4 is 11.7 Å². The molecule has 0 radical (unpaired) electrons. The molecule has 132 valence electrons. The van der Waals surface area contributed by atoms with Gasteiger partial charge in [0.25, 0.3) is 0 Å². The molecule has 2 saturated heterocycles. The van der Waals surface area contributed by atoms with Crippen molar-refractivity contribution in [3.05, 3.63) is 17.6 Å². The molecule has 1 unspecified atom stereocenters. The fourth-order valence-corrected chi connectivity index (χ4v) is 3.45. The number of hydrogen-bond acceptors (Lipinski definition) is 6. The van der Waals surface area contributed by atoms with Crippen LogP contribution in [0, 0.1) is 6.92 Å². The summed E-state index contributed by atoms with van der Waals surface area (Å²) in [5.74, 6) is 2.24. The summed E-state index contributed by atoms with van der Waals surface area (Å²) in [4.78, 5) is 25.7. The van der Waals surface area contributed by atoms with Crippen LogP contribution in [-0.2, 0) is 9.53 Å². The van der Waals surface area contributed by atoms with E-state index in [9.17, 15) is 4.79 Å². The maximum absolute atomic E-state index is 12.2. The van der Waals surface area contributed by atoms with Gasteiger partial charge in [-0.05, 0) is 26.8 Å². The number of aryl methyl sites for hydroxylation is 1. The number of aromatic nitrogens is 2. The zero-order valence-corrected chi connectivity index (χ0v) is 14.6. The van der Waals surface area contributed by atoms with E-state index in [1.807, 2.05) is 18.9 Å². The number of carbonyl (C=O) groups excluding carboxylic acids is 1. The molecule has 0 aliphatic carbocycles. The van der Waals surface area contributed by atoms with Gasteiger partial charge in [0.15, 0.2) is 0 Å². The van der Waals surface area contributed by atoms with Crippen molar-refractivity contribution in [3.63, 3.8) is 0 Å². The number of rotatable bonds is 4. The number of nitrogens with zero attached hydrogens (tertiary/aromatic N) is 4. The van der Waals surface area contributed by atoms with Gasteiger partial charge in [-0.2, -0.15) is 0 Å². The summed E-state index contributed by atoms with van der Waals surface area (Å²) in [6, 6.07) is 2.11. The largest absolute Gasteiger partial charge is 0.378 e. The minimum Gasteiger partial charge on any atom is -0.378 e. The zero-order valence-electron chi connectivity index (χ0n) is 14.6. The highest BCUT2D eigenvalue weighted by atomic mass is 16.5. The van der Waals surface area contributed by atoms with Gasteiger partial charge in [-0.1, -0.05) is 0 Å². The molecule has 0 spiro atoms. The van der Waals surface area contributed by atoms with E-state index in [-0.39, 0.29) is 5.91 Å². The summed E-state index contributed by atoms with van der Waals surface area (Å²) in [5, 5.41) is 2.95. The van der Waals surface area contributed by atoms with Crippen molar-refractivity contribution < 1.29 is 9.53 Å². The van der Waals surface area contributed by atoms with Gasteiger partial charge in [0.05, 0.1) is 25.5 Å². The van der Waals surface area contributed by atoms with E-state index < -0.39 is 0 Å². The lowest BCUT2D eigenvalue weighted by atomic mass is 9.94. The quantitative estimate of drug-likeness (QED) is 0.868. The third-order valence-electron chi connectivity index (χ3n) is 4.70. The van der Waals surface area contributed by atoms with Gasteiger partial charge in [-0.25, -0.2) is 9.97 Å². The van der Waals surface area contributed by atoms with Crippen LogP contribution in [0.4, 0.5) is 5.82 Å². The van der Waals surface area contributed by atoms with Crippen LogP contribution >= 0.6 is 0 Å². The molecular weight excluding hydrogens is 306 g/mol. The number of nitrogens with one attached hydrogen (secondary N) is 1. The Morgan fingerprint density at radius 3 is 2.88 bits per heavy atom. The minimum absolute atomic E-state index is 0.168. The number of hydrogen-bond donors (Lipinski definition) is 1. The van der Waals surface area contributed by atoms with Crippen LogP contribution in [0.3, 0.4) is 0 Å². The summed E-state index contributed by atoms with van der Waals surface area (Å²) in [6.45, 7) is 7.16. The van der Waals surface area contributed by atoms with E-state index in [1.165, 1.54) is 0 Å². The topological polar surface area (TPSA) is 70.6 Å². The molecule has 3 heterocycles. The van der Waals surface area contributed by atoms with Crippen molar-refractivity contribution in [2.75, 3.05) is 57.9 Å². The van der Waals surface area contributed by atoms with Crippen molar-refractivity contribution in [2.45, 2.75) is 25.7 Å². The van der Waals surface area contributed by atoms with Crippen LogP contribution in [0.5, 0.6) is 0 Å². The lowest BCUT2D eigenvalue weighted by Crippen LogP contribution is -2.43. The minimum atomic E-state index is 0.168. The third-order valence-corrected chi connectivity index (χ3v) is 4.70. The SMILES string of the molecule is CNCC(=O)N1CCCC(c2cc(N3CCOCC3)nc(C)n2)C1. The number of ether oxygens (including phenoxy) is 1. The Morgan fingerprint density at radius 1 is 1.33 bits per heavy atom. The molecular formula is C17H27N5O2. The summed E-state index contributed by atoms with van der Waals surface area (Å²) >= 11 is 0. The first-order chi connectivity index (χ1) is 11.7. The molecule has 7 nitrogen and oxygen atoms in total. The highest BCUT2D eigenvalue weighted by molar-refractivity contribution is 5.78. The first-order valence-electron chi connectivity index (χ1n) is 8.78. The van der Waals surface area contributed by atoms with Crippen molar-refractivity contribution in [3.8, 4) is 0 Å². The van der Waals surface area contributed by atoms with Crippen molar-refractivity contribution in [1.29, 1.82) is 0 Å². The van der Waals surface area contributed by atoms with E-state index in [0.717, 1.165) is 69.6 Å². The first kappa shape index (κ1) is 17.1. The Morgan fingerprint density at radius 2 is 2.12 bits per heavy atom. The molecule has 1 aromatic rings. The molecule has 0 bridgehead atoms. The third kappa shape index (κ3) is 4.02. The van der Waals surface area contributed by atoms with E-state index in [1.54, 1.807) is 0 Å². The summed E-state index contributed by atoms with van der Waals surface area (Å²) in [7, 11) is 1.81. The second-order valence-electron chi connectivity index (χ2n) is 6.51. The van der Waals surface area contributed by atoms with Gasteiger partial charge >= 0.3 is 0 Å². The molecule has 2 fully saturated rings. The van der Waals surface area contributed by atoms with E-state index in [0.29, 0.717) is 12.5 Å². The predicted octanol–water partition coefficient (Wildman–Crippen LogP) is 0.547. The van der Waals surface area contributed by atoms with Gasteiger partial charge in [0, 0.05) is 38.2 Å². The van der Waals surface area contributed by atoms with Crippen LogP contribution in [-0.4, -0.2) is 73.8 Å². The number of anilines is 1. The van der Waals surface area contributed by atoms with Gasteiger partial charge in [-0.3, -0.25) is 4.79 Å². The average molecular weight is 333 g/mol. The number of likely N-dealkylation sites (tertiary alicyclic amines) is 1. The molecule has 24 heavy (non-hydrogen) atoms. The lowest BCUT2D eigenvalue weighted by Gasteiger charge is -2.33. The smallest absolute Gasteiger partial charge is 0.236 e. The van der Waals surface area contributed by atoms with E-state index in [2.05, 4.69) is 26.3 Å². The van der Waals surface area contributed by atoms with Gasteiger partial charge in [0.2, 0.25) is 5.91 Å². The Labute approximate surface area is 143 Å². The molecule has 1 N–H and O–H groups in total. The normalized spacial score (nSPS) is 21.8. The number of likely N-dealkylation sites (N-methyl/N-ethyl adjacent to an activating group) is 1. The fourth-order valence-electron chi connectivity index (χ4n) is 3.45. The number of morpholine rings is 1. The Kier molecular flexibility index (Phi) is 5.63. The average Bonchev–Trinajstić information content (AvgIpc) is 2.62. The second kappa shape index (κ2) is 7.90. The monoisotopic (exact) mass is 333 g/mol. The second-order valence-corrected chi connectivity index (χ2v) is 6.51. The van der Waals surface area contributed by atoms with Crippen LogP contribution in [0.25, 0.3) is 0 Å². The Hall–Kier alpha value is -1.73. The van der Waals surface area contributed by atoms with Crippen LogP contribution < -0.4 is 10.2 Å². The van der Waals surface area contributed by atoms with Gasteiger partial charge in [0.1, 0.15) is 11.6 Å². The van der Waals surface area contributed by atoms with Gasteiger partial charge in [-0.15, -0.1) is 0 Å². The molecule has 0 aromatic carbocycles. The van der Waals surface area contributed by atoms with Crippen molar-refractivity contribution in [2.24, 2.45) is 0 Å². The van der Waals surface area contributed by atoms with Crippen LogP contribution in [0.1, 0.15) is 30.3 Å². The van der Waals surface area contributed by atoms with E-state index >= 15 is 0 Å². The zero-order chi connectivity index (χ0) is 16.9. The predicted molar refractivity (Wildman–Crippen MR) is 92.3 cm³/mol. The van der Waals surface area contributed by atoms with Crippen molar-refractivity contribution in [1.82, 2.24) is 20.2 Å². The maximum atomic E-state index is 12.2. The Bertz CT molecular complexity index is 574. The number of piperidine rings is 1. The molecule has 0 saturated carbocycles. The highest BCUT2D eigenvalue weighted by Gasteiger charge is 2.26. The molecule has 7 heteroatoms. The lowest BCUT2D eigenvalue weighted by molar-refractivity contribution is -0.131. The molecule has 2 aliphatic heterocycles. The first-order valence-corrected chi connectivity index (χ1v) is 8.78. The summed E-state index contributed by atoms with van der Waals surface area (Å²) < 4.78 is 5.43. The molecule has 1 atom stereocenters. The van der Waals surface area contributed by atoms with Crippen LogP contribution in [0.15, 0.2) is 6.07 Å². The maximum Gasteiger partial charge on any atom is 0.236 e. The fraction of sp³-hybridized carbons (Fsp3) is 0.706. The molecule has 2 aliphatic rings. The highest BCUT2D eigenvalue weighted by Crippen LogP contribution is 2.28. The van der Waals surface area contributed by atoms with E-state index in [4.69, 9.17) is 4.74 Å². The molecule has 1 aromatic heterocycles.